The summed E-state index contributed by atoms with van der Waals surface area (Å²) in [6.07, 6.45) is 1.75. The molecule has 1 fully saturated rings. The fraction of sp³-hybridized carbons (Fsp3) is 0.429. The number of aromatic hydroxyl groups is 1. The Labute approximate surface area is 128 Å². The molecule has 0 saturated carbocycles. The van der Waals surface area contributed by atoms with Gasteiger partial charge in [0.25, 0.3) is 0 Å². The first-order valence-electron chi connectivity index (χ1n) is 7.10. The average molecular weight is 306 g/mol. The lowest BCUT2D eigenvalue weighted by Gasteiger charge is -2.33. The third kappa shape index (κ3) is 2.93. The predicted molar refractivity (Wildman–Crippen MR) is 83.0 cm³/mol. The molecule has 2 heterocycles. The number of benzene rings is 1. The van der Waals surface area contributed by atoms with Gasteiger partial charge >= 0.3 is 0 Å². The van der Waals surface area contributed by atoms with Crippen molar-refractivity contribution in [2.45, 2.75) is 6.67 Å². The summed E-state index contributed by atoms with van der Waals surface area (Å²) in [7, 11) is 1.91. The molecule has 1 aliphatic heterocycles. The predicted octanol–water partition coefficient (Wildman–Crippen LogP) is 0.0193. The number of aromatic nitrogens is 3. The van der Waals surface area contributed by atoms with E-state index in [-0.39, 0.29) is 0 Å². The lowest BCUT2D eigenvalue weighted by atomic mass is 10.2. The van der Waals surface area contributed by atoms with E-state index in [0.29, 0.717) is 5.75 Å². The summed E-state index contributed by atoms with van der Waals surface area (Å²) in [4.78, 5) is 3.69. The molecule has 0 atom stereocenters. The van der Waals surface area contributed by atoms with Crippen LogP contribution in [0.3, 0.4) is 0 Å². The first-order chi connectivity index (χ1) is 10.1. The van der Waals surface area contributed by atoms with Crippen LogP contribution >= 0.6 is 12.2 Å². The Balaban J connectivity index is 1.62. The summed E-state index contributed by atoms with van der Waals surface area (Å²) >= 11 is 5.32. The summed E-state index contributed by atoms with van der Waals surface area (Å²) in [5, 5.41) is 14.2. The van der Waals surface area contributed by atoms with Crippen LogP contribution in [0, 0.1) is 4.77 Å². The van der Waals surface area contributed by atoms with Gasteiger partial charge in [-0.05, 0) is 24.4 Å². The van der Waals surface area contributed by atoms with Crippen molar-refractivity contribution in [3.05, 3.63) is 35.4 Å². The van der Waals surface area contributed by atoms with E-state index in [1.807, 2.05) is 34.5 Å². The van der Waals surface area contributed by atoms with Crippen LogP contribution in [0.2, 0.25) is 0 Å². The van der Waals surface area contributed by atoms with Crippen molar-refractivity contribution in [1.82, 2.24) is 14.3 Å². The third-order valence-electron chi connectivity index (χ3n) is 3.95. The highest BCUT2D eigenvalue weighted by Crippen LogP contribution is 2.25. The van der Waals surface area contributed by atoms with Gasteiger partial charge in [-0.1, -0.05) is 12.1 Å². The summed E-state index contributed by atoms with van der Waals surface area (Å²) in [6.45, 7) is 4.66. The Morgan fingerprint density at radius 2 is 2.00 bits per heavy atom. The van der Waals surface area contributed by atoms with Gasteiger partial charge in [0.05, 0.1) is 31.9 Å². The smallest absolute Gasteiger partial charge is 0.202 e. The number of hydrogen-bond donors (Lipinski definition) is 2. The summed E-state index contributed by atoms with van der Waals surface area (Å²) in [5.41, 5.74) is 0.922. The molecule has 1 aromatic carbocycles. The van der Waals surface area contributed by atoms with Crippen molar-refractivity contribution >= 4 is 17.9 Å². The number of anilines is 1. The summed E-state index contributed by atoms with van der Waals surface area (Å²) in [5.74, 6) is 0.355. The summed E-state index contributed by atoms with van der Waals surface area (Å²) < 4.78 is 4.48. The van der Waals surface area contributed by atoms with Crippen molar-refractivity contribution < 1.29 is 10.0 Å². The lowest BCUT2D eigenvalue weighted by Crippen LogP contribution is -3.14. The van der Waals surface area contributed by atoms with Crippen LogP contribution in [0.4, 0.5) is 5.69 Å². The number of para-hydroxylation sites is 2. The number of nitrogens with zero attached hydrogens (tertiary/aromatic N) is 4. The maximum atomic E-state index is 9.92. The Hall–Kier alpha value is -1.86. The molecule has 1 saturated heterocycles. The van der Waals surface area contributed by atoms with Crippen LogP contribution in [-0.2, 0) is 13.7 Å². The molecule has 0 spiro atoms. The van der Waals surface area contributed by atoms with Gasteiger partial charge in [0, 0.05) is 7.05 Å². The average Bonchev–Trinajstić information content (AvgIpc) is 2.81. The molecule has 1 aromatic heterocycles. The molecule has 0 bridgehead atoms. The highest BCUT2D eigenvalue weighted by Gasteiger charge is 2.22. The second-order valence-corrected chi connectivity index (χ2v) is 5.77. The van der Waals surface area contributed by atoms with Crippen molar-refractivity contribution in [2.24, 2.45) is 7.05 Å². The Kier molecular flexibility index (Phi) is 3.94. The molecule has 1 aliphatic rings. The van der Waals surface area contributed by atoms with Gasteiger partial charge in [-0.2, -0.15) is 9.78 Å². The number of hydrogen-bond acceptors (Lipinski definition) is 4. The molecule has 112 valence electrons. The van der Waals surface area contributed by atoms with Gasteiger partial charge in [0.1, 0.15) is 12.1 Å². The van der Waals surface area contributed by atoms with E-state index < -0.39 is 0 Å². The molecule has 2 aromatic rings. The normalized spacial score (nSPS) is 16.3. The van der Waals surface area contributed by atoms with Gasteiger partial charge in [-0.3, -0.25) is 0 Å². The first kappa shape index (κ1) is 14.1. The second kappa shape index (κ2) is 5.87. The van der Waals surface area contributed by atoms with E-state index in [1.54, 1.807) is 12.4 Å². The molecule has 0 unspecified atom stereocenters. The highest BCUT2D eigenvalue weighted by molar-refractivity contribution is 7.71. The zero-order valence-corrected chi connectivity index (χ0v) is 12.9. The van der Waals surface area contributed by atoms with Gasteiger partial charge < -0.3 is 19.5 Å². The zero-order valence-electron chi connectivity index (χ0n) is 12.1. The first-order valence-corrected chi connectivity index (χ1v) is 7.51. The topological polar surface area (TPSA) is 50.7 Å². The highest BCUT2D eigenvalue weighted by atomic mass is 32.1. The van der Waals surface area contributed by atoms with Crippen molar-refractivity contribution in [3.63, 3.8) is 0 Å². The van der Waals surface area contributed by atoms with E-state index in [2.05, 4.69) is 10.00 Å². The zero-order chi connectivity index (χ0) is 14.8. The molecule has 0 amide bonds. The second-order valence-electron chi connectivity index (χ2n) is 5.41. The molecule has 0 aliphatic carbocycles. The van der Waals surface area contributed by atoms with E-state index in [0.717, 1.165) is 43.3 Å². The maximum absolute atomic E-state index is 9.92. The molecule has 0 radical (unpaired) electrons. The minimum Gasteiger partial charge on any atom is -0.506 e. The molecular formula is C14H20N5OS+. The minimum atomic E-state index is 0.355. The number of quaternary nitrogens is 1. The number of piperazine rings is 1. The number of phenolic OH excluding ortho intramolecular Hbond substituents is 1. The Morgan fingerprint density at radius 3 is 2.62 bits per heavy atom. The SMILES string of the molecule is Cn1cnn(C[NH+]2CCN(c3ccccc3O)CC2)c1=S. The van der Waals surface area contributed by atoms with E-state index in [9.17, 15) is 5.11 Å². The largest absolute Gasteiger partial charge is 0.506 e. The van der Waals surface area contributed by atoms with E-state index in [1.165, 1.54) is 4.90 Å². The molecule has 21 heavy (non-hydrogen) atoms. The monoisotopic (exact) mass is 306 g/mol. The van der Waals surface area contributed by atoms with Crippen molar-refractivity contribution in [1.29, 1.82) is 0 Å². The van der Waals surface area contributed by atoms with Crippen LogP contribution in [0.5, 0.6) is 5.75 Å². The number of nitrogens with one attached hydrogen (secondary N) is 1. The molecule has 2 N–H and O–H groups in total. The van der Waals surface area contributed by atoms with Gasteiger partial charge in [0.2, 0.25) is 4.77 Å². The number of rotatable bonds is 3. The molecule has 3 rings (SSSR count). The summed E-state index contributed by atoms with van der Waals surface area (Å²) in [6, 6.07) is 7.52. The van der Waals surface area contributed by atoms with E-state index in [4.69, 9.17) is 12.2 Å². The lowest BCUT2D eigenvalue weighted by molar-refractivity contribution is -0.924. The van der Waals surface area contributed by atoms with Gasteiger partial charge in [-0.25, -0.2) is 0 Å². The fourth-order valence-corrected chi connectivity index (χ4v) is 2.85. The molecular weight excluding hydrogens is 286 g/mol. The van der Waals surface area contributed by atoms with Gasteiger partial charge in [0.15, 0.2) is 6.67 Å². The molecule has 7 heteroatoms. The minimum absolute atomic E-state index is 0.355. The Morgan fingerprint density at radius 1 is 1.29 bits per heavy atom. The van der Waals surface area contributed by atoms with Crippen LogP contribution in [0.25, 0.3) is 0 Å². The third-order valence-corrected chi connectivity index (χ3v) is 4.45. The fourth-order valence-electron chi connectivity index (χ4n) is 2.69. The van der Waals surface area contributed by atoms with Gasteiger partial charge in [-0.15, -0.1) is 0 Å². The van der Waals surface area contributed by atoms with Crippen LogP contribution < -0.4 is 9.80 Å². The number of aryl methyl sites for hydroxylation is 1. The van der Waals surface area contributed by atoms with E-state index >= 15 is 0 Å². The number of phenols is 1. The maximum Gasteiger partial charge on any atom is 0.202 e. The van der Waals surface area contributed by atoms with Crippen molar-refractivity contribution in [3.8, 4) is 5.75 Å². The van der Waals surface area contributed by atoms with Crippen LogP contribution in [0.1, 0.15) is 0 Å². The molecule has 6 nitrogen and oxygen atoms in total. The van der Waals surface area contributed by atoms with Crippen LogP contribution in [0.15, 0.2) is 30.6 Å². The standard InChI is InChI=1S/C14H19N5OS/c1-16-10-15-19(14(16)21)11-17-6-8-18(9-7-17)12-4-2-3-5-13(12)20/h2-5,10,20H,6-9,11H2,1H3/p+1. The quantitative estimate of drug-likeness (QED) is 0.785. The van der Waals surface area contributed by atoms with Crippen LogP contribution in [-0.4, -0.2) is 45.6 Å². The van der Waals surface area contributed by atoms with Crippen molar-refractivity contribution in [2.75, 3.05) is 31.1 Å². The Bertz CT molecular complexity index is 672.